The lowest BCUT2D eigenvalue weighted by molar-refractivity contribution is 0.0902. The summed E-state index contributed by atoms with van der Waals surface area (Å²) in [6.45, 7) is 2.92. The molecule has 4 aromatic rings. The first-order valence-electron chi connectivity index (χ1n) is 11.7. The topological polar surface area (TPSA) is 57.4 Å². The molecule has 2 heterocycles. The van der Waals surface area contributed by atoms with Gasteiger partial charge in [0.05, 0.1) is 17.5 Å². The van der Waals surface area contributed by atoms with Crippen LogP contribution in [0, 0.1) is 0 Å². The van der Waals surface area contributed by atoms with Crippen LogP contribution in [0.1, 0.15) is 28.9 Å². The van der Waals surface area contributed by atoms with Crippen molar-refractivity contribution in [1.82, 2.24) is 15.2 Å². The Balaban J connectivity index is 1.31. The largest absolute Gasteiger partial charge is 0.497 e. The molecule has 0 spiro atoms. The van der Waals surface area contributed by atoms with Gasteiger partial charge in [0, 0.05) is 42.0 Å². The molecular weight excluding hydrogens is 442 g/mol. The molecule has 0 unspecified atom stereocenters. The monoisotopic (exact) mass is 471 g/mol. The summed E-state index contributed by atoms with van der Waals surface area (Å²) in [4.78, 5) is 21.3. The maximum atomic E-state index is 13.4. The van der Waals surface area contributed by atoms with Crippen LogP contribution >= 0.6 is 11.8 Å². The van der Waals surface area contributed by atoms with Gasteiger partial charge in [0.1, 0.15) is 11.4 Å². The summed E-state index contributed by atoms with van der Waals surface area (Å²) in [5, 5.41) is 4.32. The minimum atomic E-state index is -0.0462. The van der Waals surface area contributed by atoms with Crippen LogP contribution in [0.2, 0.25) is 0 Å². The Kier molecular flexibility index (Phi) is 6.88. The van der Waals surface area contributed by atoms with Gasteiger partial charge in [-0.3, -0.25) is 9.69 Å². The minimum Gasteiger partial charge on any atom is -0.497 e. The van der Waals surface area contributed by atoms with E-state index in [4.69, 9.17) is 4.74 Å². The van der Waals surface area contributed by atoms with Gasteiger partial charge >= 0.3 is 0 Å². The van der Waals surface area contributed by atoms with Gasteiger partial charge < -0.3 is 15.0 Å². The Bertz CT molecular complexity index is 1250. The minimum absolute atomic E-state index is 0.0462. The van der Waals surface area contributed by atoms with Crippen LogP contribution in [0.3, 0.4) is 0 Å². The summed E-state index contributed by atoms with van der Waals surface area (Å²) < 4.78 is 5.39. The van der Waals surface area contributed by atoms with Crippen molar-refractivity contribution in [1.29, 1.82) is 0 Å². The van der Waals surface area contributed by atoms with Crippen LogP contribution in [0.4, 0.5) is 0 Å². The number of benzene rings is 3. The molecule has 1 aliphatic rings. The Morgan fingerprint density at radius 3 is 2.44 bits per heavy atom. The molecule has 34 heavy (non-hydrogen) atoms. The lowest BCUT2D eigenvalue weighted by atomic mass is 10.0. The lowest BCUT2D eigenvalue weighted by Gasteiger charge is -2.32. The second-order valence-corrected chi connectivity index (χ2v) is 9.75. The van der Waals surface area contributed by atoms with E-state index < -0.39 is 0 Å². The van der Waals surface area contributed by atoms with Crippen molar-refractivity contribution in [2.24, 2.45) is 0 Å². The maximum absolute atomic E-state index is 13.4. The Hall–Kier alpha value is -3.22. The summed E-state index contributed by atoms with van der Waals surface area (Å²) in [5.74, 6) is 0.720. The molecule has 0 aliphatic carbocycles. The molecule has 1 aliphatic heterocycles. The molecule has 0 atom stereocenters. The number of H-pyrrole nitrogens is 1. The quantitative estimate of drug-likeness (QED) is 0.362. The number of fused-ring (bicyclic) bond motifs is 1. The average Bonchev–Trinajstić information content (AvgIpc) is 3.24. The number of hydrogen-bond donors (Lipinski definition) is 2. The van der Waals surface area contributed by atoms with E-state index in [1.807, 2.05) is 36.4 Å². The first-order chi connectivity index (χ1) is 16.7. The second kappa shape index (κ2) is 10.4. The summed E-state index contributed by atoms with van der Waals surface area (Å²) in [7, 11) is 1.65. The smallest absolute Gasteiger partial charge is 0.269 e. The number of ether oxygens (including phenoxy) is 1. The van der Waals surface area contributed by atoms with E-state index >= 15 is 0 Å². The number of nitrogens with one attached hydrogen (secondary N) is 2. The lowest BCUT2D eigenvalue weighted by Crippen LogP contribution is -2.44. The van der Waals surface area contributed by atoms with Crippen LogP contribution < -0.4 is 10.1 Å². The Labute approximate surface area is 204 Å². The van der Waals surface area contributed by atoms with Gasteiger partial charge in [-0.05, 0) is 42.7 Å². The van der Waals surface area contributed by atoms with Gasteiger partial charge in [0.15, 0.2) is 0 Å². The average molecular weight is 472 g/mol. The summed E-state index contributed by atoms with van der Waals surface area (Å²) in [6.07, 6.45) is 1.90. The summed E-state index contributed by atoms with van der Waals surface area (Å²) in [6, 6.07) is 26.8. The zero-order valence-corrected chi connectivity index (χ0v) is 20.1. The number of nitrogens with zero attached hydrogens (tertiary/aromatic N) is 1. The third-order valence-electron chi connectivity index (χ3n) is 6.32. The van der Waals surface area contributed by atoms with Gasteiger partial charge in [-0.25, -0.2) is 0 Å². The maximum Gasteiger partial charge on any atom is 0.269 e. The Morgan fingerprint density at radius 1 is 1.03 bits per heavy atom. The molecule has 5 nitrogen and oxygen atoms in total. The van der Waals surface area contributed by atoms with E-state index in [2.05, 4.69) is 57.7 Å². The van der Waals surface area contributed by atoms with Gasteiger partial charge in [0.25, 0.3) is 5.91 Å². The molecule has 5 rings (SSSR count). The van der Waals surface area contributed by atoms with Crippen LogP contribution in [-0.2, 0) is 6.54 Å². The number of aromatic nitrogens is 1. The molecule has 1 aromatic heterocycles. The van der Waals surface area contributed by atoms with Crippen molar-refractivity contribution in [3.63, 3.8) is 0 Å². The number of amides is 1. The number of carbonyl (C=O) groups excluding carboxylic acids is 1. The van der Waals surface area contributed by atoms with Crippen molar-refractivity contribution in [3.05, 3.63) is 90.1 Å². The highest BCUT2D eigenvalue weighted by Crippen LogP contribution is 2.38. The highest BCUT2D eigenvalue weighted by molar-refractivity contribution is 7.99. The first kappa shape index (κ1) is 22.6. The highest BCUT2D eigenvalue weighted by Gasteiger charge is 2.24. The first-order valence-corrected chi connectivity index (χ1v) is 12.5. The van der Waals surface area contributed by atoms with Crippen molar-refractivity contribution in [3.8, 4) is 5.75 Å². The number of aromatic amines is 1. The van der Waals surface area contributed by atoms with E-state index in [9.17, 15) is 4.79 Å². The third kappa shape index (κ3) is 5.13. The van der Waals surface area contributed by atoms with E-state index in [0.717, 1.165) is 58.9 Å². The predicted molar refractivity (Wildman–Crippen MR) is 138 cm³/mol. The van der Waals surface area contributed by atoms with Crippen molar-refractivity contribution < 1.29 is 9.53 Å². The van der Waals surface area contributed by atoms with E-state index in [1.54, 1.807) is 18.9 Å². The molecule has 174 valence electrons. The fraction of sp³-hybridized carbons (Fsp3) is 0.250. The van der Waals surface area contributed by atoms with Crippen LogP contribution in [0.5, 0.6) is 5.75 Å². The molecule has 0 bridgehead atoms. The molecule has 0 saturated carbocycles. The molecule has 1 saturated heterocycles. The standard InChI is InChI=1S/C28H29N3O2S/c1-33-22-12-13-24-25(18-22)30-26(27(24)34-23-10-6-3-7-11-23)28(32)29-21-14-16-31(17-15-21)19-20-8-4-2-5-9-20/h2-13,18,21,30H,14-17,19H2,1H3,(H,29,32). The van der Waals surface area contributed by atoms with Crippen molar-refractivity contribution in [2.75, 3.05) is 20.2 Å². The molecule has 2 N–H and O–H groups in total. The molecule has 1 fully saturated rings. The van der Waals surface area contributed by atoms with E-state index in [0.29, 0.717) is 5.69 Å². The SMILES string of the molecule is COc1ccc2c(Sc3ccccc3)c(C(=O)NC3CCN(Cc4ccccc4)CC3)[nH]c2c1. The highest BCUT2D eigenvalue weighted by atomic mass is 32.2. The van der Waals surface area contributed by atoms with Crippen LogP contribution in [0.25, 0.3) is 10.9 Å². The van der Waals surface area contributed by atoms with Crippen molar-refractivity contribution >= 4 is 28.6 Å². The molecule has 3 aromatic carbocycles. The number of likely N-dealkylation sites (tertiary alicyclic amines) is 1. The van der Waals surface area contributed by atoms with E-state index in [-0.39, 0.29) is 11.9 Å². The number of rotatable bonds is 7. The number of hydrogen-bond acceptors (Lipinski definition) is 4. The Morgan fingerprint density at radius 2 is 1.74 bits per heavy atom. The van der Waals surface area contributed by atoms with E-state index in [1.165, 1.54) is 5.56 Å². The van der Waals surface area contributed by atoms with Crippen LogP contribution in [0.15, 0.2) is 88.7 Å². The number of piperidine rings is 1. The summed E-state index contributed by atoms with van der Waals surface area (Å²) >= 11 is 1.61. The molecular formula is C28H29N3O2S. The fourth-order valence-electron chi connectivity index (χ4n) is 4.48. The zero-order chi connectivity index (χ0) is 23.3. The molecule has 0 radical (unpaired) electrons. The second-order valence-electron chi connectivity index (χ2n) is 8.67. The summed E-state index contributed by atoms with van der Waals surface area (Å²) in [5.41, 5.74) is 2.85. The normalized spacial score (nSPS) is 14.9. The van der Waals surface area contributed by atoms with Crippen LogP contribution in [-0.4, -0.2) is 42.0 Å². The number of carbonyl (C=O) groups is 1. The molecule has 1 amide bonds. The molecule has 6 heteroatoms. The van der Waals surface area contributed by atoms with Gasteiger partial charge in [-0.2, -0.15) is 0 Å². The van der Waals surface area contributed by atoms with Gasteiger partial charge in [-0.1, -0.05) is 60.3 Å². The predicted octanol–water partition coefficient (Wildman–Crippen LogP) is 5.72. The third-order valence-corrected chi connectivity index (χ3v) is 7.46. The van der Waals surface area contributed by atoms with Gasteiger partial charge in [0.2, 0.25) is 0 Å². The van der Waals surface area contributed by atoms with Crippen molar-refractivity contribution in [2.45, 2.75) is 35.2 Å². The zero-order valence-electron chi connectivity index (χ0n) is 19.3. The number of methoxy groups -OCH3 is 1. The van der Waals surface area contributed by atoms with Gasteiger partial charge in [-0.15, -0.1) is 0 Å². The fourth-order valence-corrected chi connectivity index (χ4v) is 5.55.